The summed E-state index contributed by atoms with van der Waals surface area (Å²) in [6, 6.07) is 7.52. The highest BCUT2D eigenvalue weighted by Crippen LogP contribution is 2.26. The van der Waals surface area contributed by atoms with Crippen molar-refractivity contribution < 1.29 is 14.3 Å². The standard InChI is InChI=1S/C15H23NO3/c1-11(2)10-15(3,14(17)19-5)16-12-7-6-8-13(9-12)18-4/h6-9,11,16H,10H2,1-5H3. The molecule has 19 heavy (non-hydrogen) atoms. The topological polar surface area (TPSA) is 47.6 Å². The Hall–Kier alpha value is -1.71. The number of nitrogens with one attached hydrogen (secondary N) is 1. The van der Waals surface area contributed by atoms with Crippen molar-refractivity contribution in [3.8, 4) is 5.75 Å². The fraction of sp³-hybridized carbons (Fsp3) is 0.533. The molecule has 0 spiro atoms. The first-order chi connectivity index (χ1) is 8.91. The second-order valence-electron chi connectivity index (χ2n) is 5.28. The maximum Gasteiger partial charge on any atom is 0.331 e. The Morgan fingerprint density at radius 2 is 2.05 bits per heavy atom. The first kappa shape index (κ1) is 15.3. The third kappa shape index (κ3) is 4.16. The summed E-state index contributed by atoms with van der Waals surface area (Å²) >= 11 is 0. The fourth-order valence-electron chi connectivity index (χ4n) is 2.25. The lowest BCUT2D eigenvalue weighted by molar-refractivity contribution is -0.146. The Balaban J connectivity index is 2.96. The first-order valence-corrected chi connectivity index (χ1v) is 6.42. The largest absolute Gasteiger partial charge is 0.497 e. The van der Waals surface area contributed by atoms with Crippen LogP contribution in [-0.2, 0) is 9.53 Å². The van der Waals surface area contributed by atoms with Crippen LogP contribution in [0.1, 0.15) is 27.2 Å². The molecule has 0 bridgehead atoms. The number of hydrogen-bond acceptors (Lipinski definition) is 4. The van der Waals surface area contributed by atoms with Crippen LogP contribution in [0.15, 0.2) is 24.3 Å². The molecule has 1 aromatic carbocycles. The van der Waals surface area contributed by atoms with E-state index in [1.807, 2.05) is 31.2 Å². The summed E-state index contributed by atoms with van der Waals surface area (Å²) in [4.78, 5) is 12.0. The van der Waals surface area contributed by atoms with Crippen molar-refractivity contribution in [3.63, 3.8) is 0 Å². The third-order valence-corrected chi connectivity index (χ3v) is 2.94. The zero-order valence-corrected chi connectivity index (χ0v) is 12.3. The lowest BCUT2D eigenvalue weighted by Gasteiger charge is -2.30. The highest BCUT2D eigenvalue weighted by molar-refractivity contribution is 5.84. The van der Waals surface area contributed by atoms with Gasteiger partial charge in [0.2, 0.25) is 0 Å². The number of esters is 1. The SMILES string of the molecule is COC(=O)C(C)(CC(C)C)Nc1cccc(OC)c1. The Kier molecular flexibility index (Phi) is 5.21. The van der Waals surface area contributed by atoms with Gasteiger partial charge in [-0.05, 0) is 31.4 Å². The maximum absolute atomic E-state index is 12.0. The zero-order valence-electron chi connectivity index (χ0n) is 12.3. The summed E-state index contributed by atoms with van der Waals surface area (Å²) in [5, 5.41) is 3.26. The van der Waals surface area contributed by atoms with Gasteiger partial charge in [-0.3, -0.25) is 0 Å². The van der Waals surface area contributed by atoms with Crippen LogP contribution in [0, 0.1) is 5.92 Å². The minimum absolute atomic E-state index is 0.260. The number of ether oxygens (including phenoxy) is 2. The Labute approximate surface area is 115 Å². The van der Waals surface area contributed by atoms with Crippen molar-refractivity contribution in [3.05, 3.63) is 24.3 Å². The third-order valence-electron chi connectivity index (χ3n) is 2.94. The summed E-state index contributed by atoms with van der Waals surface area (Å²) in [5.74, 6) is 0.869. The maximum atomic E-state index is 12.0. The number of hydrogen-bond donors (Lipinski definition) is 1. The summed E-state index contributed by atoms with van der Waals surface area (Å²) in [7, 11) is 3.03. The van der Waals surface area contributed by atoms with Gasteiger partial charge in [-0.15, -0.1) is 0 Å². The van der Waals surface area contributed by atoms with Gasteiger partial charge in [-0.1, -0.05) is 19.9 Å². The number of carbonyl (C=O) groups excluding carboxylic acids is 1. The second kappa shape index (κ2) is 6.45. The number of carbonyl (C=O) groups is 1. The van der Waals surface area contributed by atoms with E-state index < -0.39 is 5.54 Å². The van der Waals surface area contributed by atoms with Crippen LogP contribution in [0.5, 0.6) is 5.75 Å². The molecule has 0 aliphatic heterocycles. The van der Waals surface area contributed by atoms with Gasteiger partial charge in [-0.2, -0.15) is 0 Å². The van der Waals surface area contributed by atoms with Gasteiger partial charge in [-0.25, -0.2) is 4.79 Å². The van der Waals surface area contributed by atoms with Crippen molar-refractivity contribution in [2.45, 2.75) is 32.7 Å². The van der Waals surface area contributed by atoms with Crippen molar-refractivity contribution >= 4 is 11.7 Å². The molecule has 0 saturated carbocycles. The van der Waals surface area contributed by atoms with Gasteiger partial charge >= 0.3 is 5.97 Å². The van der Waals surface area contributed by atoms with Gasteiger partial charge in [0.15, 0.2) is 0 Å². The van der Waals surface area contributed by atoms with Gasteiger partial charge in [0, 0.05) is 11.8 Å². The normalized spacial score (nSPS) is 13.8. The molecule has 1 atom stereocenters. The lowest BCUT2D eigenvalue weighted by Crippen LogP contribution is -2.45. The molecule has 0 heterocycles. The summed E-state index contributed by atoms with van der Waals surface area (Å²) in [5.41, 5.74) is 0.0999. The van der Waals surface area contributed by atoms with Crippen LogP contribution in [0.4, 0.5) is 5.69 Å². The molecule has 4 nitrogen and oxygen atoms in total. The fourth-order valence-corrected chi connectivity index (χ4v) is 2.25. The first-order valence-electron chi connectivity index (χ1n) is 6.42. The van der Waals surface area contributed by atoms with Crippen molar-refractivity contribution in [2.24, 2.45) is 5.92 Å². The molecule has 4 heteroatoms. The van der Waals surface area contributed by atoms with Gasteiger partial charge in [0.1, 0.15) is 11.3 Å². The monoisotopic (exact) mass is 265 g/mol. The average Bonchev–Trinajstić information content (AvgIpc) is 2.36. The molecule has 0 aliphatic carbocycles. The Morgan fingerprint density at radius 1 is 1.37 bits per heavy atom. The highest BCUT2D eigenvalue weighted by Gasteiger charge is 2.35. The quantitative estimate of drug-likeness (QED) is 0.803. The molecule has 1 aromatic rings. The molecule has 0 aliphatic rings. The van der Waals surface area contributed by atoms with Gasteiger partial charge < -0.3 is 14.8 Å². The van der Waals surface area contributed by atoms with Crippen LogP contribution in [0.2, 0.25) is 0 Å². The second-order valence-corrected chi connectivity index (χ2v) is 5.28. The van der Waals surface area contributed by atoms with Crippen LogP contribution in [0.3, 0.4) is 0 Å². The minimum Gasteiger partial charge on any atom is -0.497 e. The van der Waals surface area contributed by atoms with Crippen LogP contribution in [0.25, 0.3) is 0 Å². The minimum atomic E-state index is -0.741. The van der Waals surface area contributed by atoms with Crippen LogP contribution < -0.4 is 10.1 Å². The molecule has 106 valence electrons. The molecule has 1 N–H and O–H groups in total. The average molecular weight is 265 g/mol. The molecule has 0 radical (unpaired) electrons. The molecule has 0 saturated heterocycles. The predicted molar refractivity (Wildman–Crippen MR) is 76.5 cm³/mol. The molecule has 1 unspecified atom stereocenters. The predicted octanol–water partition coefficient (Wildman–Crippen LogP) is 3.08. The van der Waals surface area contributed by atoms with E-state index in [-0.39, 0.29) is 5.97 Å². The van der Waals surface area contributed by atoms with Gasteiger partial charge in [0.25, 0.3) is 0 Å². The van der Waals surface area contributed by atoms with Crippen molar-refractivity contribution in [2.75, 3.05) is 19.5 Å². The molecule has 0 fully saturated rings. The smallest absolute Gasteiger partial charge is 0.331 e. The molecular formula is C15H23NO3. The van der Waals surface area contributed by atoms with E-state index in [0.717, 1.165) is 11.4 Å². The molecule has 0 amide bonds. The van der Waals surface area contributed by atoms with E-state index in [0.29, 0.717) is 12.3 Å². The van der Waals surface area contributed by atoms with Crippen LogP contribution >= 0.6 is 0 Å². The van der Waals surface area contributed by atoms with E-state index in [1.54, 1.807) is 7.11 Å². The van der Waals surface area contributed by atoms with Crippen molar-refractivity contribution in [1.82, 2.24) is 0 Å². The number of methoxy groups -OCH3 is 2. The van der Waals surface area contributed by atoms with Crippen LogP contribution in [-0.4, -0.2) is 25.7 Å². The van der Waals surface area contributed by atoms with Gasteiger partial charge in [0.05, 0.1) is 14.2 Å². The number of anilines is 1. The summed E-state index contributed by atoms with van der Waals surface area (Å²) in [6.07, 6.45) is 0.691. The van der Waals surface area contributed by atoms with E-state index in [1.165, 1.54) is 7.11 Å². The molecule has 0 aromatic heterocycles. The van der Waals surface area contributed by atoms with E-state index >= 15 is 0 Å². The lowest BCUT2D eigenvalue weighted by atomic mass is 9.90. The number of benzene rings is 1. The highest BCUT2D eigenvalue weighted by atomic mass is 16.5. The summed E-state index contributed by atoms with van der Waals surface area (Å²) < 4.78 is 10.1. The van der Waals surface area contributed by atoms with E-state index in [4.69, 9.17) is 9.47 Å². The van der Waals surface area contributed by atoms with Crippen molar-refractivity contribution in [1.29, 1.82) is 0 Å². The van der Waals surface area contributed by atoms with E-state index in [9.17, 15) is 4.79 Å². The van der Waals surface area contributed by atoms with E-state index in [2.05, 4.69) is 19.2 Å². The number of rotatable bonds is 6. The Morgan fingerprint density at radius 3 is 2.58 bits per heavy atom. The summed E-state index contributed by atoms with van der Waals surface area (Å²) in [6.45, 7) is 6.02. The Bertz CT molecular complexity index is 431. The zero-order chi connectivity index (χ0) is 14.5. The molecule has 1 rings (SSSR count). The molecular weight excluding hydrogens is 242 g/mol.